The highest BCUT2D eigenvalue weighted by Crippen LogP contribution is 2.31. The molecular weight excluding hydrogens is 244 g/mol. The first-order valence-electron chi connectivity index (χ1n) is 6.21. The average molecular weight is 262 g/mol. The minimum atomic E-state index is -1.15. The summed E-state index contributed by atoms with van der Waals surface area (Å²) in [6.07, 6.45) is 3.87. The molecule has 19 heavy (non-hydrogen) atoms. The Morgan fingerprint density at radius 1 is 1.21 bits per heavy atom. The molecule has 1 rings (SSSR count). The van der Waals surface area contributed by atoms with Crippen LogP contribution in [0, 0.1) is 0 Å². The fraction of sp³-hybridized carbons (Fsp3) is 0.333. The van der Waals surface area contributed by atoms with Gasteiger partial charge in [-0.05, 0) is 12.0 Å². The Balaban J connectivity index is 3.18. The number of carbonyl (C=O) groups is 2. The molecule has 0 aromatic heterocycles. The van der Waals surface area contributed by atoms with Gasteiger partial charge in [0.15, 0.2) is 0 Å². The molecule has 0 bridgehead atoms. The summed E-state index contributed by atoms with van der Waals surface area (Å²) >= 11 is 0. The Morgan fingerprint density at radius 3 is 2.32 bits per heavy atom. The van der Waals surface area contributed by atoms with Gasteiger partial charge in [-0.1, -0.05) is 55.8 Å². The van der Waals surface area contributed by atoms with Crippen LogP contribution in [0.2, 0.25) is 0 Å². The van der Waals surface area contributed by atoms with E-state index in [-0.39, 0.29) is 6.42 Å². The Kier molecular flexibility index (Phi) is 5.30. The van der Waals surface area contributed by atoms with Crippen LogP contribution in [-0.4, -0.2) is 22.2 Å². The number of aliphatic carboxylic acids is 2. The summed E-state index contributed by atoms with van der Waals surface area (Å²) in [7, 11) is 0. The van der Waals surface area contributed by atoms with E-state index in [0.29, 0.717) is 18.4 Å². The minimum Gasteiger partial charge on any atom is -0.481 e. The van der Waals surface area contributed by atoms with Gasteiger partial charge < -0.3 is 10.2 Å². The number of carboxylic acid groups (broad SMARTS) is 2. The number of hydrogen-bond donors (Lipinski definition) is 2. The average Bonchev–Trinajstić information content (AvgIpc) is 2.38. The van der Waals surface area contributed by atoms with Gasteiger partial charge in [-0.3, -0.25) is 9.59 Å². The molecule has 0 saturated heterocycles. The third-order valence-corrected chi connectivity index (χ3v) is 3.01. The molecule has 4 nitrogen and oxygen atoms in total. The molecule has 1 aromatic rings. The first-order chi connectivity index (χ1) is 9.03. The third-order valence-electron chi connectivity index (χ3n) is 3.01. The first-order valence-corrected chi connectivity index (χ1v) is 6.21. The second-order valence-corrected chi connectivity index (χ2v) is 4.39. The van der Waals surface area contributed by atoms with Crippen molar-refractivity contribution in [1.29, 1.82) is 0 Å². The summed E-state index contributed by atoms with van der Waals surface area (Å²) in [6, 6.07) is 8.91. The topological polar surface area (TPSA) is 74.6 Å². The second kappa shape index (κ2) is 6.73. The summed E-state index contributed by atoms with van der Waals surface area (Å²) in [5.41, 5.74) is -0.475. The van der Waals surface area contributed by atoms with Crippen molar-refractivity contribution in [3.8, 4) is 0 Å². The van der Waals surface area contributed by atoms with Gasteiger partial charge in [0.05, 0.1) is 6.42 Å². The second-order valence-electron chi connectivity index (χ2n) is 4.39. The predicted molar refractivity (Wildman–Crippen MR) is 72.1 cm³/mol. The van der Waals surface area contributed by atoms with Crippen molar-refractivity contribution < 1.29 is 19.8 Å². The largest absolute Gasteiger partial charge is 0.481 e. The lowest BCUT2D eigenvalue weighted by atomic mass is 9.76. The summed E-state index contributed by atoms with van der Waals surface area (Å²) in [4.78, 5) is 22.2. The lowest BCUT2D eigenvalue weighted by molar-refractivity contribution is -0.142. The maximum atomic E-state index is 11.7. The van der Waals surface area contributed by atoms with E-state index in [2.05, 4.69) is 0 Å². The van der Waals surface area contributed by atoms with Gasteiger partial charge in [-0.25, -0.2) is 0 Å². The van der Waals surface area contributed by atoms with Crippen LogP contribution >= 0.6 is 0 Å². The van der Waals surface area contributed by atoms with Crippen molar-refractivity contribution >= 4 is 11.9 Å². The Hall–Kier alpha value is -2.10. The van der Waals surface area contributed by atoms with Crippen LogP contribution in [0.4, 0.5) is 0 Å². The quantitative estimate of drug-likeness (QED) is 0.741. The molecule has 0 amide bonds. The fourth-order valence-corrected chi connectivity index (χ4v) is 2.12. The van der Waals surface area contributed by atoms with E-state index in [1.807, 2.05) is 13.0 Å². The van der Waals surface area contributed by atoms with Crippen LogP contribution in [0.3, 0.4) is 0 Å². The van der Waals surface area contributed by atoms with E-state index in [0.717, 1.165) is 0 Å². The standard InChI is InChI=1S/C15H18O4/c1-2-10-15(14(18)19,11-6-9-13(16)17)12-7-4-3-5-8-12/h3-8,11H,2,9-10H2,1H3,(H,16,17)(H,18,19)/b11-6+. The van der Waals surface area contributed by atoms with E-state index >= 15 is 0 Å². The lowest BCUT2D eigenvalue weighted by Gasteiger charge is -2.26. The smallest absolute Gasteiger partial charge is 0.318 e. The van der Waals surface area contributed by atoms with Crippen molar-refractivity contribution in [3.63, 3.8) is 0 Å². The highest BCUT2D eigenvalue weighted by molar-refractivity contribution is 5.84. The molecule has 1 atom stereocenters. The van der Waals surface area contributed by atoms with E-state index < -0.39 is 17.4 Å². The van der Waals surface area contributed by atoms with Gasteiger partial charge in [0, 0.05) is 0 Å². The molecule has 0 aliphatic heterocycles. The van der Waals surface area contributed by atoms with Crippen LogP contribution in [0.5, 0.6) is 0 Å². The van der Waals surface area contributed by atoms with Crippen LogP contribution < -0.4 is 0 Å². The molecule has 0 aliphatic carbocycles. The zero-order valence-corrected chi connectivity index (χ0v) is 10.9. The van der Waals surface area contributed by atoms with Gasteiger partial charge in [0.2, 0.25) is 0 Å². The molecule has 4 heteroatoms. The van der Waals surface area contributed by atoms with Crippen LogP contribution in [0.15, 0.2) is 42.5 Å². The van der Waals surface area contributed by atoms with E-state index in [9.17, 15) is 14.7 Å². The van der Waals surface area contributed by atoms with Crippen molar-refractivity contribution in [3.05, 3.63) is 48.0 Å². The Labute approximate surface area is 112 Å². The SMILES string of the molecule is CCCC(/C=C/CC(=O)O)(C(=O)O)c1ccccc1. The van der Waals surface area contributed by atoms with Crippen molar-refractivity contribution in [1.82, 2.24) is 0 Å². The fourth-order valence-electron chi connectivity index (χ4n) is 2.12. The molecular formula is C15H18O4. The molecule has 2 N–H and O–H groups in total. The maximum Gasteiger partial charge on any atom is 0.318 e. The zero-order valence-electron chi connectivity index (χ0n) is 10.9. The number of carboxylic acids is 2. The van der Waals surface area contributed by atoms with Gasteiger partial charge in [-0.2, -0.15) is 0 Å². The normalized spacial score (nSPS) is 14.2. The molecule has 1 aromatic carbocycles. The molecule has 102 valence electrons. The Bertz CT molecular complexity index is 464. The highest BCUT2D eigenvalue weighted by atomic mass is 16.4. The highest BCUT2D eigenvalue weighted by Gasteiger charge is 2.36. The van der Waals surface area contributed by atoms with Crippen LogP contribution in [0.1, 0.15) is 31.7 Å². The van der Waals surface area contributed by atoms with E-state index in [1.54, 1.807) is 24.3 Å². The number of hydrogen-bond acceptors (Lipinski definition) is 2. The Morgan fingerprint density at radius 2 is 1.84 bits per heavy atom. The van der Waals surface area contributed by atoms with Gasteiger partial charge in [0.1, 0.15) is 5.41 Å². The third kappa shape index (κ3) is 3.68. The predicted octanol–water partition coefficient (Wildman–Crippen LogP) is 2.84. The number of rotatable bonds is 7. The van der Waals surface area contributed by atoms with E-state index in [4.69, 9.17) is 5.11 Å². The molecule has 1 unspecified atom stereocenters. The molecule has 0 heterocycles. The monoisotopic (exact) mass is 262 g/mol. The summed E-state index contributed by atoms with van der Waals surface area (Å²) in [5, 5.41) is 18.2. The number of benzene rings is 1. The van der Waals surface area contributed by atoms with Crippen LogP contribution in [-0.2, 0) is 15.0 Å². The molecule has 0 spiro atoms. The van der Waals surface area contributed by atoms with Gasteiger partial charge >= 0.3 is 11.9 Å². The molecule has 0 fully saturated rings. The lowest BCUT2D eigenvalue weighted by Crippen LogP contribution is -2.33. The maximum absolute atomic E-state index is 11.7. The van der Waals surface area contributed by atoms with E-state index in [1.165, 1.54) is 12.2 Å². The van der Waals surface area contributed by atoms with Crippen molar-refractivity contribution in [2.75, 3.05) is 0 Å². The van der Waals surface area contributed by atoms with Gasteiger partial charge in [0.25, 0.3) is 0 Å². The van der Waals surface area contributed by atoms with Crippen LogP contribution in [0.25, 0.3) is 0 Å². The first kappa shape index (κ1) is 15.0. The molecule has 0 aliphatic rings. The zero-order chi connectivity index (χ0) is 14.3. The summed E-state index contributed by atoms with van der Waals surface area (Å²) < 4.78 is 0. The molecule has 0 saturated carbocycles. The van der Waals surface area contributed by atoms with Gasteiger partial charge in [-0.15, -0.1) is 0 Å². The molecule has 0 radical (unpaired) electrons. The summed E-state index contributed by atoms with van der Waals surface area (Å²) in [5.74, 6) is -1.93. The van der Waals surface area contributed by atoms with Crippen molar-refractivity contribution in [2.45, 2.75) is 31.6 Å². The summed E-state index contributed by atoms with van der Waals surface area (Å²) in [6.45, 7) is 1.91. The van der Waals surface area contributed by atoms with Crippen molar-refractivity contribution in [2.24, 2.45) is 0 Å². The minimum absolute atomic E-state index is 0.175.